The van der Waals surface area contributed by atoms with Crippen molar-refractivity contribution < 1.29 is 31.5 Å². The number of carbonyl (C=O) groups excluding carboxylic acids is 1. The molecule has 35 heavy (non-hydrogen) atoms. The van der Waals surface area contributed by atoms with E-state index in [0.717, 1.165) is 45.2 Å². The van der Waals surface area contributed by atoms with Crippen molar-refractivity contribution in [2.45, 2.75) is 43.9 Å². The first-order valence-corrected chi connectivity index (χ1v) is 12.0. The number of allylic oxidation sites excluding steroid dienone is 5. The van der Waals surface area contributed by atoms with Crippen molar-refractivity contribution >= 4 is 11.6 Å². The summed E-state index contributed by atoms with van der Waals surface area (Å²) in [4.78, 5) is 17.3. The second-order valence-corrected chi connectivity index (χ2v) is 9.62. The number of ether oxygens (including phenoxy) is 1. The molecule has 0 aromatic heterocycles. The largest absolute Gasteiger partial charge is 0.416 e. The molecule has 0 aromatic carbocycles. The number of hydrazone groups is 1. The Morgan fingerprint density at radius 3 is 2.51 bits per heavy atom. The lowest BCUT2D eigenvalue weighted by Crippen LogP contribution is -2.52. The Labute approximate surface area is 201 Å². The van der Waals surface area contributed by atoms with Crippen molar-refractivity contribution in [1.82, 2.24) is 15.2 Å². The van der Waals surface area contributed by atoms with E-state index in [4.69, 9.17) is 4.74 Å². The molecule has 1 N–H and O–H groups in total. The minimum absolute atomic E-state index is 0.0258. The maximum Gasteiger partial charge on any atom is 0.416 e. The SMILES string of the molecule is C=C(/C(=C\C(F)=C/CF)C1CCN(C(=O)C2=NNC3CC2CCN(C2COC2)C3)CC1)C(F)(F)F. The zero-order valence-corrected chi connectivity index (χ0v) is 19.5. The number of carbonyl (C=O) groups is 1. The third-order valence-corrected chi connectivity index (χ3v) is 7.38. The van der Waals surface area contributed by atoms with Gasteiger partial charge in [0.25, 0.3) is 5.91 Å². The summed E-state index contributed by atoms with van der Waals surface area (Å²) in [5.74, 6) is -1.89. The highest BCUT2D eigenvalue weighted by atomic mass is 19.4. The number of fused-ring (bicyclic) bond motifs is 2. The molecule has 4 rings (SSSR count). The van der Waals surface area contributed by atoms with Gasteiger partial charge in [0, 0.05) is 25.6 Å². The highest BCUT2D eigenvalue weighted by molar-refractivity contribution is 6.39. The fraction of sp³-hybridized carbons (Fsp3) is 0.667. The molecule has 0 spiro atoms. The number of halogens is 5. The molecule has 194 valence electrons. The second kappa shape index (κ2) is 10.8. The summed E-state index contributed by atoms with van der Waals surface area (Å²) in [6, 6.07) is 0.575. The molecule has 11 heteroatoms. The average Bonchev–Trinajstić information content (AvgIpc) is 2.94. The topological polar surface area (TPSA) is 57.2 Å². The molecule has 3 saturated heterocycles. The van der Waals surface area contributed by atoms with Gasteiger partial charge in [-0.05, 0) is 55.9 Å². The lowest BCUT2D eigenvalue weighted by Gasteiger charge is -2.37. The van der Waals surface area contributed by atoms with Crippen molar-refractivity contribution in [3.8, 4) is 0 Å². The van der Waals surface area contributed by atoms with E-state index in [-0.39, 0.29) is 49.4 Å². The molecule has 0 aliphatic carbocycles. The Bertz CT molecular complexity index is 904. The summed E-state index contributed by atoms with van der Waals surface area (Å²) in [5, 5.41) is 4.41. The van der Waals surface area contributed by atoms with Gasteiger partial charge in [0.05, 0.1) is 30.9 Å². The molecule has 0 aromatic rings. The Morgan fingerprint density at radius 1 is 1.20 bits per heavy atom. The maximum absolute atomic E-state index is 13.9. The van der Waals surface area contributed by atoms with Gasteiger partial charge in [-0.25, -0.2) is 8.78 Å². The quantitative estimate of drug-likeness (QED) is 0.446. The Kier molecular flexibility index (Phi) is 7.95. The van der Waals surface area contributed by atoms with Crippen LogP contribution in [0.3, 0.4) is 0 Å². The maximum atomic E-state index is 13.9. The van der Waals surface area contributed by atoms with Crippen LogP contribution in [0.5, 0.6) is 0 Å². The van der Waals surface area contributed by atoms with Crippen molar-refractivity contribution in [3.63, 3.8) is 0 Å². The van der Waals surface area contributed by atoms with Gasteiger partial charge in [0.15, 0.2) is 0 Å². The van der Waals surface area contributed by atoms with E-state index in [2.05, 4.69) is 22.0 Å². The Balaban J connectivity index is 1.40. The molecule has 4 aliphatic rings. The van der Waals surface area contributed by atoms with Crippen LogP contribution in [0.25, 0.3) is 0 Å². The van der Waals surface area contributed by atoms with Crippen LogP contribution in [0, 0.1) is 11.8 Å². The van der Waals surface area contributed by atoms with E-state index in [1.165, 1.54) is 0 Å². The number of hydrogen-bond acceptors (Lipinski definition) is 5. The molecule has 0 radical (unpaired) electrons. The molecule has 2 bridgehead atoms. The van der Waals surface area contributed by atoms with Gasteiger partial charge < -0.3 is 15.1 Å². The molecule has 2 atom stereocenters. The van der Waals surface area contributed by atoms with Crippen molar-refractivity contribution in [2.24, 2.45) is 16.9 Å². The molecule has 3 fully saturated rings. The van der Waals surface area contributed by atoms with E-state index in [9.17, 15) is 26.7 Å². The first-order chi connectivity index (χ1) is 16.7. The second-order valence-electron chi connectivity index (χ2n) is 9.62. The first-order valence-electron chi connectivity index (χ1n) is 12.0. The van der Waals surface area contributed by atoms with Crippen LogP contribution in [0.4, 0.5) is 22.0 Å². The lowest BCUT2D eigenvalue weighted by atomic mass is 9.84. The summed E-state index contributed by atoms with van der Waals surface area (Å²) >= 11 is 0. The fourth-order valence-corrected chi connectivity index (χ4v) is 5.27. The molecule has 0 saturated carbocycles. The summed E-state index contributed by atoms with van der Waals surface area (Å²) in [7, 11) is 0. The highest BCUT2D eigenvalue weighted by Crippen LogP contribution is 2.38. The monoisotopic (exact) mass is 502 g/mol. The van der Waals surface area contributed by atoms with Crippen molar-refractivity contribution in [2.75, 3.05) is 46.1 Å². The van der Waals surface area contributed by atoms with Crippen LogP contribution in [0.1, 0.15) is 25.7 Å². The minimum atomic E-state index is -4.73. The molecule has 4 heterocycles. The van der Waals surface area contributed by atoms with Crippen molar-refractivity contribution in [3.05, 3.63) is 35.7 Å². The van der Waals surface area contributed by atoms with Crippen LogP contribution in [0.15, 0.2) is 40.8 Å². The number of amides is 1. The van der Waals surface area contributed by atoms with Gasteiger partial charge in [0.1, 0.15) is 18.2 Å². The van der Waals surface area contributed by atoms with E-state index >= 15 is 0 Å². The number of nitrogens with zero attached hydrogens (tertiary/aromatic N) is 3. The number of hydrogen-bond donors (Lipinski definition) is 1. The molecule has 1 amide bonds. The van der Waals surface area contributed by atoms with Crippen LogP contribution in [-0.4, -0.2) is 85.7 Å². The van der Waals surface area contributed by atoms with E-state index in [0.29, 0.717) is 17.8 Å². The van der Waals surface area contributed by atoms with Gasteiger partial charge in [0.2, 0.25) is 0 Å². The number of piperidine rings is 1. The standard InChI is InChI=1S/C24H31F5N4O2/c1-15(24(27,28)29)21(11-18(26)2-6-25)16-3-7-32(8-4-16)23(34)22-17-5-9-33(20-13-35-14-20)12-19(10-17)30-31-22/h2,11,16-17,19-20,30H,1,3-10,12-14H2/b18-2+,21-11+. The zero-order chi connectivity index (χ0) is 25.2. The predicted molar refractivity (Wildman–Crippen MR) is 121 cm³/mol. The van der Waals surface area contributed by atoms with Gasteiger partial charge in [-0.2, -0.15) is 18.3 Å². The van der Waals surface area contributed by atoms with Gasteiger partial charge >= 0.3 is 6.18 Å². The summed E-state index contributed by atoms with van der Waals surface area (Å²) in [5.41, 5.74) is 2.15. The van der Waals surface area contributed by atoms with Gasteiger partial charge in [-0.3, -0.25) is 9.69 Å². The van der Waals surface area contributed by atoms with E-state index in [1.807, 2.05) is 0 Å². The van der Waals surface area contributed by atoms with Crippen LogP contribution < -0.4 is 5.43 Å². The average molecular weight is 503 g/mol. The fourth-order valence-electron chi connectivity index (χ4n) is 5.27. The minimum Gasteiger partial charge on any atom is -0.378 e. The first kappa shape index (κ1) is 25.8. The van der Waals surface area contributed by atoms with Crippen LogP contribution in [0.2, 0.25) is 0 Å². The molecular weight excluding hydrogens is 471 g/mol. The normalized spacial score (nSPS) is 27.6. The molecule has 2 unspecified atom stereocenters. The Morgan fingerprint density at radius 2 is 1.91 bits per heavy atom. The molecular formula is C24H31F5N4O2. The number of likely N-dealkylation sites (tertiary alicyclic amines) is 2. The third kappa shape index (κ3) is 5.94. The van der Waals surface area contributed by atoms with Gasteiger partial charge in [-0.1, -0.05) is 6.58 Å². The number of alkyl halides is 4. The predicted octanol–water partition coefficient (Wildman–Crippen LogP) is 3.53. The highest BCUT2D eigenvalue weighted by Gasteiger charge is 2.41. The summed E-state index contributed by atoms with van der Waals surface area (Å²) in [6.45, 7) is 5.60. The summed E-state index contributed by atoms with van der Waals surface area (Å²) in [6.07, 6.45) is -1.37. The summed E-state index contributed by atoms with van der Waals surface area (Å²) < 4.78 is 71.7. The molecule has 6 nitrogen and oxygen atoms in total. The lowest BCUT2D eigenvalue weighted by molar-refractivity contribution is -0.125. The van der Waals surface area contributed by atoms with Gasteiger partial charge in [-0.15, -0.1) is 0 Å². The zero-order valence-electron chi connectivity index (χ0n) is 19.5. The number of rotatable bonds is 6. The number of nitrogens with one attached hydrogen (secondary N) is 1. The van der Waals surface area contributed by atoms with Crippen LogP contribution >= 0.6 is 0 Å². The van der Waals surface area contributed by atoms with E-state index < -0.39 is 30.2 Å². The van der Waals surface area contributed by atoms with E-state index in [1.54, 1.807) is 4.90 Å². The Hall–Kier alpha value is -2.27. The smallest absolute Gasteiger partial charge is 0.378 e. The van der Waals surface area contributed by atoms with Crippen molar-refractivity contribution in [1.29, 1.82) is 0 Å². The van der Waals surface area contributed by atoms with Crippen LogP contribution in [-0.2, 0) is 9.53 Å². The molecule has 4 aliphatic heterocycles. The third-order valence-electron chi connectivity index (χ3n) is 7.38.